The van der Waals surface area contributed by atoms with E-state index in [0.717, 1.165) is 32.1 Å². The van der Waals surface area contributed by atoms with Crippen molar-refractivity contribution >= 4 is 11.9 Å². The SMILES string of the molecule is Cc1ccc(CCOC(=O)C2CCN(C(=O)C3CC3)CC2)cc1. The van der Waals surface area contributed by atoms with Gasteiger partial charge in [0.1, 0.15) is 0 Å². The number of carbonyl (C=O) groups is 2. The number of carbonyl (C=O) groups excluding carboxylic acids is 2. The summed E-state index contributed by atoms with van der Waals surface area (Å²) < 4.78 is 5.43. The molecule has 0 aromatic heterocycles. The summed E-state index contributed by atoms with van der Waals surface area (Å²) >= 11 is 0. The van der Waals surface area contributed by atoms with Crippen LogP contribution in [0.3, 0.4) is 0 Å². The van der Waals surface area contributed by atoms with E-state index in [0.29, 0.717) is 19.7 Å². The van der Waals surface area contributed by atoms with Crippen molar-refractivity contribution in [3.8, 4) is 0 Å². The Morgan fingerprint density at radius 2 is 1.70 bits per heavy atom. The van der Waals surface area contributed by atoms with E-state index in [-0.39, 0.29) is 23.7 Å². The minimum atomic E-state index is -0.101. The highest BCUT2D eigenvalue weighted by Gasteiger charge is 2.36. The van der Waals surface area contributed by atoms with E-state index in [9.17, 15) is 9.59 Å². The van der Waals surface area contributed by atoms with E-state index in [4.69, 9.17) is 4.74 Å². The van der Waals surface area contributed by atoms with Crippen LogP contribution in [-0.2, 0) is 20.7 Å². The molecule has 1 amide bonds. The van der Waals surface area contributed by atoms with Crippen LogP contribution in [0, 0.1) is 18.8 Å². The van der Waals surface area contributed by atoms with Crippen molar-refractivity contribution in [2.24, 2.45) is 11.8 Å². The third-order valence-corrected chi connectivity index (χ3v) is 4.82. The Labute approximate surface area is 137 Å². The number of rotatable bonds is 5. The zero-order chi connectivity index (χ0) is 16.2. The topological polar surface area (TPSA) is 46.6 Å². The van der Waals surface area contributed by atoms with E-state index in [1.165, 1.54) is 11.1 Å². The summed E-state index contributed by atoms with van der Waals surface area (Å²) in [6.45, 7) is 3.90. The molecule has 1 saturated carbocycles. The van der Waals surface area contributed by atoms with Crippen molar-refractivity contribution in [2.45, 2.75) is 39.0 Å². The van der Waals surface area contributed by atoms with Crippen LogP contribution in [0.4, 0.5) is 0 Å². The Balaban J connectivity index is 1.37. The first kappa shape index (κ1) is 16.0. The first-order valence-electron chi connectivity index (χ1n) is 8.64. The van der Waals surface area contributed by atoms with Gasteiger partial charge in [-0.3, -0.25) is 9.59 Å². The average Bonchev–Trinajstić information content (AvgIpc) is 3.41. The van der Waals surface area contributed by atoms with E-state index < -0.39 is 0 Å². The highest BCUT2D eigenvalue weighted by atomic mass is 16.5. The second kappa shape index (κ2) is 7.16. The monoisotopic (exact) mass is 315 g/mol. The zero-order valence-corrected chi connectivity index (χ0v) is 13.8. The molecule has 1 aromatic carbocycles. The summed E-state index contributed by atoms with van der Waals surface area (Å²) in [4.78, 5) is 26.1. The van der Waals surface area contributed by atoms with Crippen molar-refractivity contribution in [1.82, 2.24) is 4.90 Å². The maximum Gasteiger partial charge on any atom is 0.309 e. The molecule has 0 N–H and O–H groups in total. The third kappa shape index (κ3) is 4.34. The van der Waals surface area contributed by atoms with Crippen LogP contribution in [0.25, 0.3) is 0 Å². The van der Waals surface area contributed by atoms with Crippen LogP contribution in [0.5, 0.6) is 0 Å². The molecule has 3 rings (SSSR count). The van der Waals surface area contributed by atoms with Gasteiger partial charge in [-0.15, -0.1) is 0 Å². The van der Waals surface area contributed by atoms with E-state index in [2.05, 4.69) is 31.2 Å². The van der Waals surface area contributed by atoms with Gasteiger partial charge in [0.05, 0.1) is 12.5 Å². The molecule has 4 heteroatoms. The largest absolute Gasteiger partial charge is 0.465 e. The smallest absolute Gasteiger partial charge is 0.309 e. The number of amides is 1. The first-order valence-corrected chi connectivity index (χ1v) is 8.64. The Bertz CT molecular complexity index is 554. The van der Waals surface area contributed by atoms with Crippen LogP contribution in [0.15, 0.2) is 24.3 Å². The van der Waals surface area contributed by atoms with Gasteiger partial charge >= 0.3 is 5.97 Å². The predicted molar refractivity (Wildman–Crippen MR) is 87.9 cm³/mol. The zero-order valence-electron chi connectivity index (χ0n) is 13.8. The Morgan fingerprint density at radius 1 is 1.04 bits per heavy atom. The Kier molecular flexibility index (Phi) is 4.99. The van der Waals surface area contributed by atoms with E-state index in [1.807, 2.05) is 4.90 Å². The average molecular weight is 315 g/mol. The molecule has 0 unspecified atom stereocenters. The molecule has 4 nitrogen and oxygen atoms in total. The Hall–Kier alpha value is -1.84. The fourth-order valence-electron chi connectivity index (χ4n) is 3.07. The van der Waals surface area contributed by atoms with Crippen molar-refractivity contribution in [2.75, 3.05) is 19.7 Å². The number of nitrogens with zero attached hydrogens (tertiary/aromatic N) is 1. The van der Waals surface area contributed by atoms with E-state index in [1.54, 1.807) is 0 Å². The molecule has 1 aliphatic heterocycles. The first-order chi connectivity index (χ1) is 11.1. The normalized spacial score (nSPS) is 18.7. The summed E-state index contributed by atoms with van der Waals surface area (Å²) in [5, 5.41) is 0. The lowest BCUT2D eigenvalue weighted by Crippen LogP contribution is -2.41. The lowest BCUT2D eigenvalue weighted by molar-refractivity contribution is -0.151. The molecule has 0 radical (unpaired) electrons. The van der Waals surface area contributed by atoms with Crippen molar-refractivity contribution in [3.63, 3.8) is 0 Å². The van der Waals surface area contributed by atoms with Crippen LogP contribution in [0.2, 0.25) is 0 Å². The maximum atomic E-state index is 12.1. The number of hydrogen-bond acceptors (Lipinski definition) is 3. The molecule has 0 atom stereocenters. The standard InChI is InChI=1S/C19H25NO3/c1-14-2-4-15(5-3-14)10-13-23-19(22)17-8-11-20(12-9-17)18(21)16-6-7-16/h2-5,16-17H,6-13H2,1H3. The lowest BCUT2D eigenvalue weighted by Gasteiger charge is -2.31. The molecule has 2 aliphatic rings. The van der Waals surface area contributed by atoms with Crippen LogP contribution in [0.1, 0.15) is 36.8 Å². The fraction of sp³-hybridized carbons (Fsp3) is 0.579. The van der Waals surface area contributed by atoms with Gasteiger partial charge in [0.2, 0.25) is 5.91 Å². The number of likely N-dealkylation sites (tertiary alicyclic amines) is 1. The molecular formula is C19H25NO3. The van der Waals surface area contributed by atoms with E-state index >= 15 is 0 Å². The molecule has 1 heterocycles. The number of piperidine rings is 1. The number of benzene rings is 1. The van der Waals surface area contributed by atoms with Gasteiger partial charge in [-0.1, -0.05) is 29.8 Å². The molecule has 0 bridgehead atoms. The van der Waals surface area contributed by atoms with Gasteiger partial charge in [0, 0.05) is 25.4 Å². The maximum absolute atomic E-state index is 12.1. The molecule has 0 spiro atoms. The highest BCUT2D eigenvalue weighted by Crippen LogP contribution is 2.32. The van der Waals surface area contributed by atoms with Crippen LogP contribution < -0.4 is 0 Å². The van der Waals surface area contributed by atoms with Crippen molar-refractivity contribution < 1.29 is 14.3 Å². The van der Waals surface area contributed by atoms with Crippen molar-refractivity contribution in [1.29, 1.82) is 0 Å². The number of ether oxygens (including phenoxy) is 1. The molecule has 23 heavy (non-hydrogen) atoms. The van der Waals surface area contributed by atoms with Crippen LogP contribution in [-0.4, -0.2) is 36.5 Å². The molecule has 1 aliphatic carbocycles. The number of esters is 1. The third-order valence-electron chi connectivity index (χ3n) is 4.82. The molecule has 1 saturated heterocycles. The second-order valence-electron chi connectivity index (χ2n) is 6.78. The van der Waals surface area contributed by atoms with Gasteiger partial charge in [-0.2, -0.15) is 0 Å². The summed E-state index contributed by atoms with van der Waals surface area (Å²) in [7, 11) is 0. The van der Waals surface area contributed by atoms with Crippen molar-refractivity contribution in [3.05, 3.63) is 35.4 Å². The van der Waals surface area contributed by atoms with Gasteiger partial charge in [-0.25, -0.2) is 0 Å². The Morgan fingerprint density at radius 3 is 2.30 bits per heavy atom. The summed E-state index contributed by atoms with van der Waals surface area (Å²) in [5.41, 5.74) is 2.42. The summed E-state index contributed by atoms with van der Waals surface area (Å²) in [6.07, 6.45) is 4.31. The number of hydrogen-bond donors (Lipinski definition) is 0. The van der Waals surface area contributed by atoms with Gasteiger partial charge in [0.15, 0.2) is 0 Å². The summed E-state index contributed by atoms with van der Waals surface area (Å²) in [6, 6.07) is 8.30. The highest BCUT2D eigenvalue weighted by molar-refractivity contribution is 5.81. The predicted octanol–water partition coefficient (Wildman–Crippen LogP) is 2.73. The molecule has 124 valence electrons. The molecule has 1 aromatic rings. The summed E-state index contributed by atoms with van der Waals surface area (Å²) in [5.74, 6) is 0.413. The molecular weight excluding hydrogens is 290 g/mol. The minimum Gasteiger partial charge on any atom is -0.465 e. The van der Waals surface area contributed by atoms with Gasteiger partial charge in [0.25, 0.3) is 0 Å². The number of aryl methyl sites for hydroxylation is 1. The van der Waals surface area contributed by atoms with Crippen LogP contribution >= 0.6 is 0 Å². The quantitative estimate of drug-likeness (QED) is 0.785. The lowest BCUT2D eigenvalue weighted by atomic mass is 9.96. The molecule has 2 fully saturated rings. The van der Waals surface area contributed by atoms with Gasteiger partial charge in [-0.05, 0) is 38.2 Å². The second-order valence-corrected chi connectivity index (χ2v) is 6.78. The fourth-order valence-corrected chi connectivity index (χ4v) is 3.07. The minimum absolute atomic E-state index is 0.0451. The van der Waals surface area contributed by atoms with Gasteiger partial charge < -0.3 is 9.64 Å².